The van der Waals surface area contributed by atoms with Gasteiger partial charge in [0.2, 0.25) is 5.91 Å². The monoisotopic (exact) mass is 482 g/mol. The van der Waals surface area contributed by atoms with Crippen LogP contribution in [0.5, 0.6) is 0 Å². The largest absolute Gasteiger partial charge is 0.467 e. The number of nitrogens with zero attached hydrogens (tertiary/aromatic N) is 1. The molecule has 1 N–H and O–H groups in total. The van der Waals surface area contributed by atoms with Crippen LogP contribution in [0.1, 0.15) is 49.8 Å². The van der Waals surface area contributed by atoms with Gasteiger partial charge in [0, 0.05) is 5.56 Å². The van der Waals surface area contributed by atoms with Gasteiger partial charge in [0.15, 0.2) is 0 Å². The molecule has 0 aliphatic carbocycles. The van der Waals surface area contributed by atoms with Crippen LogP contribution in [0.3, 0.4) is 0 Å². The average molecular weight is 483 g/mol. The van der Waals surface area contributed by atoms with Gasteiger partial charge in [-0.2, -0.15) is 0 Å². The number of aryl methyl sites for hydroxylation is 1. The standard InChI is InChI=1S/C29H26N2O3S/c1-20-9-11-22(12-10-20)27(21-6-3-2-4-7-21)30-28(33)23-13-15-24(16-14-23)29-31(26(32)19-35-29)18-25-8-5-17-34-25/h2-17,27,29H,18-19H2,1H3,(H,30,33)/t27-,29+/m0/s1. The molecule has 35 heavy (non-hydrogen) atoms. The van der Waals surface area contributed by atoms with E-state index in [1.165, 1.54) is 5.56 Å². The Balaban J connectivity index is 1.34. The van der Waals surface area contributed by atoms with E-state index in [-0.39, 0.29) is 23.2 Å². The summed E-state index contributed by atoms with van der Waals surface area (Å²) in [7, 11) is 0. The van der Waals surface area contributed by atoms with Crippen molar-refractivity contribution in [2.24, 2.45) is 0 Å². The first-order valence-electron chi connectivity index (χ1n) is 11.5. The summed E-state index contributed by atoms with van der Waals surface area (Å²) in [6.45, 7) is 2.48. The number of nitrogens with one attached hydrogen (secondary N) is 1. The zero-order valence-corrected chi connectivity index (χ0v) is 20.2. The third-order valence-corrected chi connectivity index (χ3v) is 7.41. The topological polar surface area (TPSA) is 62.6 Å². The van der Waals surface area contributed by atoms with Gasteiger partial charge in [0.25, 0.3) is 5.91 Å². The van der Waals surface area contributed by atoms with Crippen molar-refractivity contribution in [3.63, 3.8) is 0 Å². The lowest BCUT2D eigenvalue weighted by Gasteiger charge is -2.23. The highest BCUT2D eigenvalue weighted by Gasteiger charge is 2.33. The minimum atomic E-state index is -0.254. The zero-order chi connectivity index (χ0) is 24.2. The molecule has 1 aromatic heterocycles. The van der Waals surface area contributed by atoms with E-state index in [1.54, 1.807) is 18.0 Å². The van der Waals surface area contributed by atoms with Gasteiger partial charge in [0.05, 0.1) is 24.6 Å². The van der Waals surface area contributed by atoms with Gasteiger partial charge in [-0.05, 0) is 47.9 Å². The lowest BCUT2D eigenvalue weighted by Crippen LogP contribution is -2.29. The van der Waals surface area contributed by atoms with E-state index in [2.05, 4.69) is 29.6 Å². The maximum atomic E-state index is 13.2. The number of hydrogen-bond donors (Lipinski definition) is 1. The van der Waals surface area contributed by atoms with Crippen LogP contribution in [0, 0.1) is 6.92 Å². The third-order valence-electron chi connectivity index (χ3n) is 6.15. The Hall–Kier alpha value is -3.77. The van der Waals surface area contributed by atoms with E-state index in [9.17, 15) is 9.59 Å². The molecule has 4 aromatic rings. The normalized spacial score (nSPS) is 16.3. The van der Waals surface area contributed by atoms with Crippen LogP contribution in [-0.2, 0) is 11.3 Å². The molecule has 5 rings (SSSR count). The van der Waals surface area contributed by atoms with E-state index in [1.807, 2.05) is 78.6 Å². The molecular formula is C29H26N2O3S. The number of rotatable bonds is 7. The molecule has 0 bridgehead atoms. The highest BCUT2D eigenvalue weighted by molar-refractivity contribution is 8.00. The maximum absolute atomic E-state index is 13.2. The fourth-order valence-corrected chi connectivity index (χ4v) is 5.44. The second-order valence-corrected chi connectivity index (χ2v) is 9.68. The first-order valence-corrected chi connectivity index (χ1v) is 12.6. The van der Waals surface area contributed by atoms with Gasteiger partial charge in [0.1, 0.15) is 11.1 Å². The molecule has 3 aromatic carbocycles. The van der Waals surface area contributed by atoms with E-state index < -0.39 is 0 Å². The van der Waals surface area contributed by atoms with Crippen molar-refractivity contribution in [1.29, 1.82) is 0 Å². The van der Waals surface area contributed by atoms with Crippen molar-refractivity contribution in [2.75, 3.05) is 5.75 Å². The summed E-state index contributed by atoms with van der Waals surface area (Å²) in [4.78, 5) is 27.5. The molecule has 1 saturated heterocycles. The summed E-state index contributed by atoms with van der Waals surface area (Å²) in [5, 5.41) is 3.10. The van der Waals surface area contributed by atoms with Crippen molar-refractivity contribution < 1.29 is 14.0 Å². The molecule has 0 spiro atoms. The predicted octanol–water partition coefficient (Wildman–Crippen LogP) is 5.88. The summed E-state index contributed by atoms with van der Waals surface area (Å²) < 4.78 is 5.44. The van der Waals surface area contributed by atoms with Crippen molar-refractivity contribution >= 4 is 23.6 Å². The highest BCUT2D eigenvalue weighted by Crippen LogP contribution is 2.39. The van der Waals surface area contributed by atoms with Gasteiger partial charge >= 0.3 is 0 Å². The number of thioether (sulfide) groups is 1. The van der Waals surface area contributed by atoms with E-state index in [4.69, 9.17) is 4.42 Å². The van der Waals surface area contributed by atoms with Gasteiger partial charge in [-0.1, -0.05) is 72.3 Å². The molecule has 6 heteroatoms. The van der Waals surface area contributed by atoms with Crippen LogP contribution in [0.4, 0.5) is 0 Å². The Morgan fingerprint density at radius 2 is 1.69 bits per heavy atom. The Kier molecular flexibility index (Phi) is 6.73. The summed E-state index contributed by atoms with van der Waals surface area (Å²) in [6, 6.07) is 29.2. The molecule has 1 aliphatic rings. The Bertz CT molecular complexity index is 1290. The lowest BCUT2D eigenvalue weighted by molar-refractivity contribution is -0.128. The Morgan fingerprint density at radius 3 is 2.37 bits per heavy atom. The molecule has 176 valence electrons. The van der Waals surface area contributed by atoms with Gasteiger partial charge in [-0.3, -0.25) is 9.59 Å². The summed E-state index contributed by atoms with van der Waals surface area (Å²) in [6.07, 6.45) is 1.62. The maximum Gasteiger partial charge on any atom is 0.252 e. The first-order chi connectivity index (χ1) is 17.1. The average Bonchev–Trinajstić information content (AvgIpc) is 3.54. The molecule has 0 radical (unpaired) electrons. The van der Waals surface area contributed by atoms with Crippen LogP contribution in [0.25, 0.3) is 0 Å². The Labute approximate surface area is 209 Å². The summed E-state index contributed by atoms with van der Waals surface area (Å²) in [5.74, 6) is 1.13. The third kappa shape index (κ3) is 5.17. The molecule has 0 saturated carbocycles. The van der Waals surface area contributed by atoms with Crippen molar-refractivity contribution in [2.45, 2.75) is 24.9 Å². The molecule has 0 unspecified atom stereocenters. The molecule has 2 heterocycles. The summed E-state index contributed by atoms with van der Waals surface area (Å²) in [5.41, 5.74) is 4.79. The lowest BCUT2D eigenvalue weighted by atomic mass is 9.97. The quantitative estimate of drug-likeness (QED) is 0.357. The molecule has 2 atom stereocenters. The van der Waals surface area contributed by atoms with E-state index in [0.717, 1.165) is 22.5 Å². The predicted molar refractivity (Wildman–Crippen MR) is 138 cm³/mol. The minimum absolute atomic E-state index is 0.0852. The Morgan fingerprint density at radius 1 is 0.971 bits per heavy atom. The highest BCUT2D eigenvalue weighted by atomic mass is 32.2. The second-order valence-electron chi connectivity index (χ2n) is 8.61. The molecule has 1 aliphatic heterocycles. The van der Waals surface area contributed by atoms with Crippen LogP contribution in [0.15, 0.2) is 102 Å². The fraction of sp³-hybridized carbons (Fsp3) is 0.172. The van der Waals surface area contributed by atoms with Crippen LogP contribution in [0.2, 0.25) is 0 Å². The van der Waals surface area contributed by atoms with E-state index in [0.29, 0.717) is 17.9 Å². The number of carbonyl (C=O) groups excluding carboxylic acids is 2. The number of benzene rings is 3. The SMILES string of the molecule is Cc1ccc([C@@H](NC(=O)c2ccc([C@H]3SCC(=O)N3Cc3ccco3)cc2)c2ccccc2)cc1. The number of furan rings is 1. The molecule has 1 fully saturated rings. The second kappa shape index (κ2) is 10.2. The van der Waals surface area contributed by atoms with Crippen molar-refractivity contribution in [1.82, 2.24) is 10.2 Å². The molecular weight excluding hydrogens is 456 g/mol. The first kappa shape index (κ1) is 23.0. The van der Waals surface area contributed by atoms with Gasteiger partial charge in [-0.15, -0.1) is 11.8 Å². The molecule has 2 amide bonds. The molecule has 5 nitrogen and oxygen atoms in total. The van der Waals surface area contributed by atoms with Crippen molar-refractivity contribution in [3.8, 4) is 0 Å². The van der Waals surface area contributed by atoms with Crippen LogP contribution >= 0.6 is 11.8 Å². The van der Waals surface area contributed by atoms with Crippen molar-refractivity contribution in [3.05, 3.63) is 131 Å². The number of amides is 2. The van der Waals surface area contributed by atoms with E-state index >= 15 is 0 Å². The fourth-order valence-electron chi connectivity index (χ4n) is 4.25. The smallest absolute Gasteiger partial charge is 0.252 e. The van der Waals surface area contributed by atoms with Crippen LogP contribution < -0.4 is 5.32 Å². The summed E-state index contributed by atoms with van der Waals surface area (Å²) >= 11 is 1.59. The zero-order valence-electron chi connectivity index (χ0n) is 19.4. The minimum Gasteiger partial charge on any atom is -0.467 e. The number of carbonyl (C=O) groups is 2. The number of hydrogen-bond acceptors (Lipinski definition) is 4. The van der Waals surface area contributed by atoms with Crippen LogP contribution in [-0.4, -0.2) is 22.5 Å². The van der Waals surface area contributed by atoms with Gasteiger partial charge < -0.3 is 14.6 Å². The van der Waals surface area contributed by atoms with Gasteiger partial charge in [-0.25, -0.2) is 0 Å².